The predicted molar refractivity (Wildman–Crippen MR) is 95.4 cm³/mol. The molecule has 0 spiro atoms. The molecule has 1 aromatic heterocycles. The first-order chi connectivity index (χ1) is 11.8. The van der Waals surface area contributed by atoms with E-state index >= 15 is 0 Å². The Morgan fingerprint density at radius 3 is 2.75 bits per heavy atom. The topological polar surface area (TPSA) is 67.8 Å². The maximum Gasteiger partial charge on any atom is 0.218 e. The van der Waals surface area contributed by atoms with E-state index in [1.807, 2.05) is 43.3 Å². The van der Waals surface area contributed by atoms with E-state index in [0.717, 1.165) is 29.4 Å². The number of aromatic nitrogens is 1. The number of rotatable bonds is 7. The van der Waals surface area contributed by atoms with Crippen molar-refractivity contribution in [2.75, 3.05) is 20.8 Å². The summed E-state index contributed by atoms with van der Waals surface area (Å²) in [4.78, 5) is 8.80. The number of aliphatic imine (C=N–C) groups is 1. The smallest absolute Gasteiger partial charge is 0.218 e. The van der Waals surface area contributed by atoms with Crippen molar-refractivity contribution in [2.24, 2.45) is 4.99 Å². The van der Waals surface area contributed by atoms with Crippen molar-refractivity contribution in [1.29, 1.82) is 0 Å². The fraction of sp³-hybridized carbons (Fsp3) is 0.333. The minimum atomic E-state index is 0.566. The van der Waals surface area contributed by atoms with E-state index in [4.69, 9.17) is 9.47 Å². The molecule has 0 saturated carbocycles. The lowest BCUT2D eigenvalue weighted by Gasteiger charge is -2.13. The van der Waals surface area contributed by atoms with Crippen molar-refractivity contribution >= 4 is 5.96 Å². The lowest BCUT2D eigenvalue weighted by atomic mass is 10.2. The van der Waals surface area contributed by atoms with Gasteiger partial charge in [-0.3, -0.25) is 0 Å². The third-order valence-corrected chi connectivity index (χ3v) is 3.39. The number of guanidine groups is 1. The highest BCUT2D eigenvalue weighted by Crippen LogP contribution is 2.14. The Labute approximate surface area is 142 Å². The third-order valence-electron chi connectivity index (χ3n) is 3.39. The number of ether oxygens (including phenoxy) is 2. The number of nitrogens with one attached hydrogen (secondary N) is 2. The van der Waals surface area contributed by atoms with Crippen LogP contribution in [-0.2, 0) is 13.1 Å². The Hall–Kier alpha value is -2.76. The van der Waals surface area contributed by atoms with Crippen LogP contribution in [0, 0.1) is 0 Å². The van der Waals surface area contributed by atoms with Crippen LogP contribution in [0.3, 0.4) is 0 Å². The van der Waals surface area contributed by atoms with Crippen molar-refractivity contribution in [3.8, 4) is 11.6 Å². The van der Waals surface area contributed by atoms with Crippen molar-refractivity contribution in [3.63, 3.8) is 0 Å². The number of hydrogen-bond acceptors (Lipinski definition) is 4. The summed E-state index contributed by atoms with van der Waals surface area (Å²) in [7, 11) is 3.28. The van der Waals surface area contributed by atoms with Gasteiger partial charge < -0.3 is 20.1 Å². The predicted octanol–water partition coefficient (Wildman–Crippen LogP) is 2.35. The van der Waals surface area contributed by atoms with Gasteiger partial charge in [-0.25, -0.2) is 9.98 Å². The highest BCUT2D eigenvalue weighted by molar-refractivity contribution is 5.79. The van der Waals surface area contributed by atoms with E-state index in [-0.39, 0.29) is 0 Å². The fourth-order valence-electron chi connectivity index (χ4n) is 2.20. The number of pyridine rings is 1. The van der Waals surface area contributed by atoms with Crippen LogP contribution in [0.25, 0.3) is 0 Å². The second-order valence-corrected chi connectivity index (χ2v) is 5.07. The van der Waals surface area contributed by atoms with Gasteiger partial charge in [-0.15, -0.1) is 0 Å². The monoisotopic (exact) mass is 328 g/mol. The highest BCUT2D eigenvalue weighted by atomic mass is 16.5. The van der Waals surface area contributed by atoms with Crippen LogP contribution in [0.4, 0.5) is 0 Å². The summed E-state index contributed by atoms with van der Waals surface area (Å²) in [6.07, 6.45) is 1.71. The van der Waals surface area contributed by atoms with Crippen LogP contribution < -0.4 is 20.1 Å². The molecule has 2 aromatic rings. The summed E-state index contributed by atoms with van der Waals surface area (Å²) in [6.45, 7) is 3.97. The Bertz CT molecular complexity index is 674. The number of nitrogens with zero attached hydrogens (tertiary/aromatic N) is 2. The summed E-state index contributed by atoms with van der Waals surface area (Å²) in [5.74, 6) is 2.20. The largest absolute Gasteiger partial charge is 0.497 e. The highest BCUT2D eigenvalue weighted by Gasteiger charge is 2.04. The molecule has 128 valence electrons. The van der Waals surface area contributed by atoms with Gasteiger partial charge in [0.1, 0.15) is 5.75 Å². The quantitative estimate of drug-likeness (QED) is 0.603. The molecule has 2 N–H and O–H groups in total. The molecule has 0 bridgehead atoms. The SMILES string of the molecule is CCNC(=NCc1cccc(OC)c1)NCc1cccnc1OC. The average Bonchev–Trinajstić information content (AvgIpc) is 2.64. The van der Waals surface area contributed by atoms with Crippen LogP contribution in [0.2, 0.25) is 0 Å². The zero-order valence-corrected chi connectivity index (χ0v) is 14.4. The molecule has 6 nitrogen and oxygen atoms in total. The van der Waals surface area contributed by atoms with Gasteiger partial charge in [0.15, 0.2) is 5.96 Å². The molecular formula is C18H24N4O2. The molecule has 1 heterocycles. The summed E-state index contributed by atoms with van der Waals surface area (Å²) in [5, 5.41) is 6.53. The van der Waals surface area contributed by atoms with Crippen LogP contribution in [0.15, 0.2) is 47.6 Å². The van der Waals surface area contributed by atoms with E-state index in [1.165, 1.54) is 0 Å². The van der Waals surface area contributed by atoms with E-state index in [9.17, 15) is 0 Å². The molecule has 0 aliphatic rings. The van der Waals surface area contributed by atoms with Gasteiger partial charge in [0.25, 0.3) is 0 Å². The molecule has 2 rings (SSSR count). The molecule has 24 heavy (non-hydrogen) atoms. The summed E-state index contributed by atoms with van der Waals surface area (Å²) < 4.78 is 10.5. The Morgan fingerprint density at radius 2 is 2.00 bits per heavy atom. The third kappa shape index (κ3) is 5.15. The molecule has 0 amide bonds. The summed E-state index contributed by atoms with van der Waals surface area (Å²) in [6, 6.07) is 11.8. The maximum atomic E-state index is 5.27. The normalized spacial score (nSPS) is 11.0. The molecule has 0 fully saturated rings. The molecule has 0 unspecified atom stereocenters. The Morgan fingerprint density at radius 1 is 1.12 bits per heavy atom. The van der Waals surface area contributed by atoms with E-state index in [2.05, 4.69) is 20.6 Å². The molecule has 0 atom stereocenters. The number of hydrogen-bond donors (Lipinski definition) is 2. The zero-order valence-electron chi connectivity index (χ0n) is 14.4. The van der Waals surface area contributed by atoms with Gasteiger partial charge in [0, 0.05) is 24.8 Å². The molecular weight excluding hydrogens is 304 g/mol. The lowest BCUT2D eigenvalue weighted by molar-refractivity contribution is 0.392. The Kier molecular flexibility index (Phi) is 6.89. The molecule has 0 radical (unpaired) electrons. The average molecular weight is 328 g/mol. The summed E-state index contributed by atoms with van der Waals surface area (Å²) in [5.41, 5.74) is 2.07. The van der Waals surface area contributed by atoms with Crippen LogP contribution in [0.1, 0.15) is 18.1 Å². The minimum absolute atomic E-state index is 0.566. The first kappa shape index (κ1) is 17.6. The van der Waals surface area contributed by atoms with Crippen LogP contribution in [0.5, 0.6) is 11.6 Å². The van der Waals surface area contributed by atoms with E-state index in [0.29, 0.717) is 19.0 Å². The number of benzene rings is 1. The molecule has 1 aromatic carbocycles. The summed E-state index contributed by atoms with van der Waals surface area (Å²) >= 11 is 0. The van der Waals surface area contributed by atoms with Gasteiger partial charge in [-0.1, -0.05) is 18.2 Å². The molecule has 0 aliphatic heterocycles. The standard InChI is InChI=1S/C18H24N4O2/c1-4-19-18(21-12-14-7-5-9-16(11-14)23-2)22-13-15-8-6-10-20-17(15)24-3/h5-11H,4,12-13H2,1-3H3,(H2,19,21,22). The van der Waals surface area contributed by atoms with E-state index in [1.54, 1.807) is 20.4 Å². The molecule has 0 aliphatic carbocycles. The molecule has 0 saturated heterocycles. The van der Waals surface area contributed by atoms with Gasteiger partial charge in [0.05, 0.1) is 20.8 Å². The van der Waals surface area contributed by atoms with Crippen LogP contribution in [-0.4, -0.2) is 31.7 Å². The van der Waals surface area contributed by atoms with Gasteiger partial charge in [-0.05, 0) is 30.7 Å². The fourth-order valence-corrected chi connectivity index (χ4v) is 2.20. The van der Waals surface area contributed by atoms with Crippen molar-refractivity contribution in [2.45, 2.75) is 20.0 Å². The Balaban J connectivity index is 2.02. The first-order valence-corrected chi connectivity index (χ1v) is 7.89. The number of methoxy groups -OCH3 is 2. The van der Waals surface area contributed by atoms with Crippen molar-refractivity contribution < 1.29 is 9.47 Å². The van der Waals surface area contributed by atoms with Crippen molar-refractivity contribution in [1.82, 2.24) is 15.6 Å². The minimum Gasteiger partial charge on any atom is -0.497 e. The zero-order chi connectivity index (χ0) is 17.2. The van der Waals surface area contributed by atoms with Gasteiger partial charge in [-0.2, -0.15) is 0 Å². The molecule has 6 heteroatoms. The second-order valence-electron chi connectivity index (χ2n) is 5.07. The van der Waals surface area contributed by atoms with Crippen molar-refractivity contribution in [3.05, 3.63) is 53.7 Å². The van der Waals surface area contributed by atoms with E-state index < -0.39 is 0 Å². The van der Waals surface area contributed by atoms with Gasteiger partial charge in [0.2, 0.25) is 5.88 Å². The lowest BCUT2D eigenvalue weighted by Crippen LogP contribution is -2.36. The maximum absolute atomic E-state index is 5.27. The van der Waals surface area contributed by atoms with Gasteiger partial charge >= 0.3 is 0 Å². The van der Waals surface area contributed by atoms with Crippen LogP contribution >= 0.6 is 0 Å². The second kappa shape index (κ2) is 9.39. The first-order valence-electron chi connectivity index (χ1n) is 7.89.